The van der Waals surface area contributed by atoms with Gasteiger partial charge in [-0.3, -0.25) is 4.79 Å². The lowest BCUT2D eigenvalue weighted by molar-refractivity contribution is -0.120. The van der Waals surface area contributed by atoms with Gasteiger partial charge >= 0.3 is 0 Å². The summed E-state index contributed by atoms with van der Waals surface area (Å²) in [6.45, 7) is 2.41. The molecule has 0 spiro atoms. The molecule has 134 valence electrons. The highest BCUT2D eigenvalue weighted by molar-refractivity contribution is 7.12. The van der Waals surface area contributed by atoms with E-state index < -0.39 is 0 Å². The van der Waals surface area contributed by atoms with E-state index in [9.17, 15) is 4.79 Å². The first-order chi connectivity index (χ1) is 13.3. The third-order valence-electron chi connectivity index (χ3n) is 4.56. The molecule has 1 aliphatic rings. The van der Waals surface area contributed by atoms with Gasteiger partial charge < -0.3 is 9.64 Å². The van der Waals surface area contributed by atoms with Crippen molar-refractivity contribution in [2.24, 2.45) is 0 Å². The Hall–Kier alpha value is -3.26. The van der Waals surface area contributed by atoms with Crippen LogP contribution in [0.2, 0.25) is 0 Å². The molecule has 1 aliphatic heterocycles. The van der Waals surface area contributed by atoms with Crippen LogP contribution in [0.4, 0.5) is 5.82 Å². The van der Waals surface area contributed by atoms with Gasteiger partial charge in [0, 0.05) is 24.0 Å². The van der Waals surface area contributed by atoms with Gasteiger partial charge in [-0.25, -0.2) is 4.98 Å². The van der Waals surface area contributed by atoms with Gasteiger partial charge in [-0.2, -0.15) is 14.8 Å². The molecule has 5 rings (SSSR count). The van der Waals surface area contributed by atoms with E-state index in [2.05, 4.69) is 16.0 Å². The van der Waals surface area contributed by atoms with Crippen LogP contribution >= 0.6 is 11.3 Å². The molecule has 0 aliphatic carbocycles. The van der Waals surface area contributed by atoms with Gasteiger partial charge in [0.05, 0.1) is 5.38 Å². The standard InChI is InChI=1S/C19H15N5O2S/c25-12-26-16-11-27-19(21-16)24-18-14(7-8-15(20-18)23-9-4-10-23)17(22-24)13-5-2-1-3-6-13/h1-3,5-8,11-12H,4,9-10H2. The molecule has 8 heteroatoms. The normalized spacial score (nSPS) is 13.6. The van der Waals surface area contributed by atoms with Crippen LogP contribution in [-0.2, 0) is 4.79 Å². The van der Waals surface area contributed by atoms with Crippen molar-refractivity contribution in [2.45, 2.75) is 6.42 Å². The SMILES string of the molecule is O=COc1csc(-n2nc(-c3ccccc3)c3ccc(N4CCC4)nc32)n1. The molecule has 0 atom stereocenters. The number of anilines is 1. The maximum Gasteiger partial charge on any atom is 0.299 e. The first-order valence-corrected chi connectivity index (χ1v) is 9.48. The van der Waals surface area contributed by atoms with Crippen molar-refractivity contribution < 1.29 is 9.53 Å². The third kappa shape index (κ3) is 2.74. The molecular formula is C19H15N5O2S. The fourth-order valence-corrected chi connectivity index (χ4v) is 3.79. The summed E-state index contributed by atoms with van der Waals surface area (Å²) < 4.78 is 6.57. The Balaban J connectivity index is 1.70. The monoisotopic (exact) mass is 377 g/mol. The molecule has 4 aromatic rings. The van der Waals surface area contributed by atoms with E-state index in [0.717, 1.165) is 41.2 Å². The van der Waals surface area contributed by atoms with Crippen LogP contribution < -0.4 is 9.64 Å². The number of carbonyl (C=O) groups is 1. The molecule has 7 nitrogen and oxygen atoms in total. The van der Waals surface area contributed by atoms with Gasteiger partial charge in [0.2, 0.25) is 11.0 Å². The summed E-state index contributed by atoms with van der Waals surface area (Å²) in [7, 11) is 0. The van der Waals surface area contributed by atoms with Crippen molar-refractivity contribution in [2.75, 3.05) is 18.0 Å². The number of aromatic nitrogens is 4. The van der Waals surface area contributed by atoms with Crippen LogP contribution in [0, 0.1) is 0 Å². The van der Waals surface area contributed by atoms with Gasteiger partial charge in [0.1, 0.15) is 11.5 Å². The second kappa shape index (κ2) is 6.48. The van der Waals surface area contributed by atoms with Crippen molar-refractivity contribution >= 4 is 34.7 Å². The summed E-state index contributed by atoms with van der Waals surface area (Å²) in [4.78, 5) is 22.0. The molecule has 0 saturated carbocycles. The average Bonchev–Trinajstić information content (AvgIpc) is 3.26. The maximum absolute atomic E-state index is 10.6. The number of hydrogen-bond acceptors (Lipinski definition) is 7. The Morgan fingerprint density at radius 1 is 1.07 bits per heavy atom. The van der Waals surface area contributed by atoms with Gasteiger partial charge in [-0.15, -0.1) is 0 Å². The van der Waals surface area contributed by atoms with Crippen LogP contribution in [-0.4, -0.2) is 39.3 Å². The first-order valence-electron chi connectivity index (χ1n) is 8.60. The number of pyridine rings is 1. The Labute approximate surface area is 158 Å². The second-order valence-electron chi connectivity index (χ2n) is 6.19. The number of thiazole rings is 1. The summed E-state index contributed by atoms with van der Waals surface area (Å²) in [5.41, 5.74) is 2.60. The Bertz CT molecular complexity index is 1120. The van der Waals surface area contributed by atoms with Crippen LogP contribution in [0.1, 0.15) is 6.42 Å². The molecular weight excluding hydrogens is 362 g/mol. The highest BCUT2D eigenvalue weighted by atomic mass is 32.1. The molecule has 0 amide bonds. The maximum atomic E-state index is 10.6. The summed E-state index contributed by atoms with van der Waals surface area (Å²) in [5.74, 6) is 1.20. The second-order valence-corrected chi connectivity index (χ2v) is 7.03. The quantitative estimate of drug-likeness (QED) is 0.497. The molecule has 0 N–H and O–H groups in total. The minimum absolute atomic E-state index is 0.258. The number of ether oxygens (including phenoxy) is 1. The zero-order chi connectivity index (χ0) is 18.2. The van der Waals surface area contributed by atoms with Crippen LogP contribution in [0.3, 0.4) is 0 Å². The number of fused-ring (bicyclic) bond motifs is 1. The fraction of sp³-hybridized carbons (Fsp3) is 0.158. The Morgan fingerprint density at radius 2 is 1.93 bits per heavy atom. The minimum Gasteiger partial charge on any atom is -0.409 e. The number of carbonyl (C=O) groups excluding carboxylic acids is 1. The van der Waals surface area contributed by atoms with Gasteiger partial charge in [0.25, 0.3) is 6.47 Å². The van der Waals surface area contributed by atoms with Crippen LogP contribution in [0.15, 0.2) is 47.8 Å². The van der Waals surface area contributed by atoms with Crippen LogP contribution in [0.25, 0.3) is 27.4 Å². The summed E-state index contributed by atoms with van der Waals surface area (Å²) in [6, 6.07) is 14.1. The van der Waals surface area contributed by atoms with Crippen molar-refractivity contribution in [3.05, 3.63) is 47.8 Å². The van der Waals surface area contributed by atoms with Gasteiger partial charge in [-0.1, -0.05) is 41.7 Å². The molecule has 0 bridgehead atoms. The average molecular weight is 377 g/mol. The van der Waals surface area contributed by atoms with Gasteiger partial charge in [0.15, 0.2) is 5.65 Å². The smallest absolute Gasteiger partial charge is 0.299 e. The number of nitrogens with zero attached hydrogens (tertiary/aromatic N) is 5. The molecule has 4 heterocycles. The van der Waals surface area contributed by atoms with Crippen molar-refractivity contribution in [3.8, 4) is 22.3 Å². The minimum atomic E-state index is 0.258. The van der Waals surface area contributed by atoms with E-state index >= 15 is 0 Å². The summed E-state index contributed by atoms with van der Waals surface area (Å²) >= 11 is 1.35. The molecule has 1 fully saturated rings. The van der Waals surface area contributed by atoms with E-state index in [4.69, 9.17) is 14.8 Å². The zero-order valence-electron chi connectivity index (χ0n) is 14.3. The predicted molar refractivity (Wildman–Crippen MR) is 103 cm³/mol. The Kier molecular flexibility index (Phi) is 3.83. The van der Waals surface area contributed by atoms with E-state index in [0.29, 0.717) is 11.6 Å². The molecule has 1 aromatic carbocycles. The first kappa shape index (κ1) is 16.0. The number of benzene rings is 1. The highest BCUT2D eigenvalue weighted by Crippen LogP contribution is 2.32. The highest BCUT2D eigenvalue weighted by Gasteiger charge is 2.21. The van der Waals surface area contributed by atoms with E-state index in [-0.39, 0.29) is 5.88 Å². The van der Waals surface area contributed by atoms with E-state index in [1.54, 1.807) is 10.1 Å². The zero-order valence-corrected chi connectivity index (χ0v) is 15.1. The van der Waals surface area contributed by atoms with Crippen molar-refractivity contribution in [1.29, 1.82) is 0 Å². The summed E-state index contributed by atoms with van der Waals surface area (Å²) in [5, 5.41) is 8.03. The number of rotatable bonds is 5. The third-order valence-corrected chi connectivity index (χ3v) is 5.36. The fourth-order valence-electron chi connectivity index (χ4n) is 3.10. The van der Waals surface area contributed by atoms with Crippen LogP contribution in [0.5, 0.6) is 5.88 Å². The van der Waals surface area contributed by atoms with Crippen molar-refractivity contribution in [1.82, 2.24) is 19.7 Å². The molecule has 1 saturated heterocycles. The topological polar surface area (TPSA) is 73.1 Å². The lowest BCUT2D eigenvalue weighted by atomic mass is 10.1. The lowest BCUT2D eigenvalue weighted by Gasteiger charge is -2.31. The molecule has 0 unspecified atom stereocenters. The molecule has 0 radical (unpaired) electrons. The Morgan fingerprint density at radius 3 is 2.67 bits per heavy atom. The van der Waals surface area contributed by atoms with Gasteiger partial charge in [-0.05, 0) is 18.6 Å². The summed E-state index contributed by atoms with van der Waals surface area (Å²) in [6.07, 6.45) is 1.19. The molecule has 3 aromatic heterocycles. The lowest BCUT2D eigenvalue weighted by Crippen LogP contribution is -2.37. The van der Waals surface area contributed by atoms with E-state index in [1.165, 1.54) is 17.8 Å². The van der Waals surface area contributed by atoms with Crippen molar-refractivity contribution in [3.63, 3.8) is 0 Å². The largest absolute Gasteiger partial charge is 0.409 e. The molecule has 27 heavy (non-hydrogen) atoms. The predicted octanol–water partition coefficient (Wildman–Crippen LogP) is 3.29. The van der Waals surface area contributed by atoms with E-state index in [1.807, 2.05) is 36.4 Å². The number of hydrogen-bond donors (Lipinski definition) is 0.